The van der Waals surface area contributed by atoms with Gasteiger partial charge in [0, 0.05) is 6.04 Å². The van der Waals surface area contributed by atoms with Crippen LogP contribution in [0.25, 0.3) is 0 Å². The topological polar surface area (TPSA) is 46.2 Å². The van der Waals surface area contributed by atoms with E-state index in [0.717, 1.165) is 32.2 Å². The largest absolute Gasteiger partial charge is 0.314 e. The standard InChI is InChI=1S/C14H29NO2S/c1-3-5-11-18(16,17)12-9-13-7-6-8-14(13)15-10-4-2/h13-15H,3-12H2,1-2H3. The van der Waals surface area contributed by atoms with Gasteiger partial charge in [-0.15, -0.1) is 0 Å². The molecule has 2 unspecified atom stereocenters. The van der Waals surface area contributed by atoms with Gasteiger partial charge in [0.25, 0.3) is 0 Å². The lowest BCUT2D eigenvalue weighted by molar-refractivity contribution is 0.391. The number of rotatable bonds is 9. The van der Waals surface area contributed by atoms with Crippen LogP contribution in [-0.2, 0) is 9.84 Å². The molecule has 4 heteroatoms. The zero-order valence-electron chi connectivity index (χ0n) is 12.0. The molecular formula is C14H29NO2S. The van der Waals surface area contributed by atoms with Crippen LogP contribution in [0.15, 0.2) is 0 Å². The Balaban J connectivity index is 2.32. The fourth-order valence-corrected chi connectivity index (χ4v) is 4.37. The van der Waals surface area contributed by atoms with Crippen LogP contribution in [0.3, 0.4) is 0 Å². The predicted octanol–water partition coefficient (Wildman–Crippen LogP) is 2.76. The molecule has 108 valence electrons. The van der Waals surface area contributed by atoms with E-state index in [4.69, 9.17) is 0 Å². The minimum absolute atomic E-state index is 0.378. The summed E-state index contributed by atoms with van der Waals surface area (Å²) in [6.07, 6.45) is 7.45. The average molecular weight is 275 g/mol. The second-order valence-electron chi connectivity index (χ2n) is 5.55. The Morgan fingerprint density at radius 3 is 2.56 bits per heavy atom. The minimum Gasteiger partial charge on any atom is -0.314 e. The van der Waals surface area contributed by atoms with Gasteiger partial charge in [-0.05, 0) is 44.6 Å². The second kappa shape index (κ2) is 8.16. The molecule has 1 rings (SSSR count). The first-order chi connectivity index (χ1) is 8.59. The first-order valence-corrected chi connectivity index (χ1v) is 9.35. The Hall–Kier alpha value is -0.0900. The lowest BCUT2D eigenvalue weighted by Gasteiger charge is -2.20. The van der Waals surface area contributed by atoms with Gasteiger partial charge < -0.3 is 5.32 Å². The van der Waals surface area contributed by atoms with Gasteiger partial charge in [-0.25, -0.2) is 8.42 Å². The SMILES string of the molecule is CCCCS(=O)(=O)CCC1CCCC1NCCC. The molecule has 18 heavy (non-hydrogen) atoms. The van der Waals surface area contributed by atoms with E-state index in [-0.39, 0.29) is 0 Å². The zero-order valence-corrected chi connectivity index (χ0v) is 12.8. The molecular weight excluding hydrogens is 246 g/mol. The molecule has 1 aliphatic carbocycles. The lowest BCUT2D eigenvalue weighted by Crippen LogP contribution is -2.33. The van der Waals surface area contributed by atoms with Crippen molar-refractivity contribution in [3.63, 3.8) is 0 Å². The monoisotopic (exact) mass is 275 g/mol. The van der Waals surface area contributed by atoms with Crippen LogP contribution in [0.5, 0.6) is 0 Å². The van der Waals surface area contributed by atoms with Gasteiger partial charge in [0.1, 0.15) is 9.84 Å². The summed E-state index contributed by atoms with van der Waals surface area (Å²) in [5, 5.41) is 3.57. The quantitative estimate of drug-likeness (QED) is 0.704. The molecule has 0 radical (unpaired) electrons. The van der Waals surface area contributed by atoms with Crippen molar-refractivity contribution < 1.29 is 8.42 Å². The summed E-state index contributed by atoms with van der Waals surface area (Å²) in [7, 11) is -2.80. The Bertz CT molecular complexity index is 314. The van der Waals surface area contributed by atoms with E-state index < -0.39 is 9.84 Å². The van der Waals surface area contributed by atoms with Crippen LogP contribution in [0.4, 0.5) is 0 Å². The second-order valence-corrected chi connectivity index (χ2v) is 7.85. The maximum absolute atomic E-state index is 11.8. The third-order valence-electron chi connectivity index (χ3n) is 3.92. The highest BCUT2D eigenvalue weighted by Crippen LogP contribution is 2.28. The van der Waals surface area contributed by atoms with Crippen LogP contribution >= 0.6 is 0 Å². The predicted molar refractivity (Wildman–Crippen MR) is 77.6 cm³/mol. The van der Waals surface area contributed by atoms with Crippen molar-refractivity contribution in [2.24, 2.45) is 5.92 Å². The summed E-state index contributed by atoms with van der Waals surface area (Å²) in [6, 6.07) is 0.561. The van der Waals surface area contributed by atoms with Gasteiger partial charge >= 0.3 is 0 Å². The Morgan fingerprint density at radius 1 is 1.11 bits per heavy atom. The number of sulfone groups is 1. The fourth-order valence-electron chi connectivity index (χ4n) is 2.78. The van der Waals surface area contributed by atoms with E-state index in [9.17, 15) is 8.42 Å². The van der Waals surface area contributed by atoms with Crippen LogP contribution in [-0.4, -0.2) is 32.5 Å². The van der Waals surface area contributed by atoms with Crippen molar-refractivity contribution in [2.45, 2.75) is 64.8 Å². The van der Waals surface area contributed by atoms with Gasteiger partial charge in [-0.2, -0.15) is 0 Å². The number of hydrogen-bond donors (Lipinski definition) is 1. The van der Waals surface area contributed by atoms with Gasteiger partial charge in [-0.1, -0.05) is 26.7 Å². The fraction of sp³-hybridized carbons (Fsp3) is 1.00. The maximum Gasteiger partial charge on any atom is 0.150 e. The van der Waals surface area contributed by atoms with Gasteiger partial charge in [0.2, 0.25) is 0 Å². The molecule has 2 atom stereocenters. The van der Waals surface area contributed by atoms with Gasteiger partial charge in [0.15, 0.2) is 0 Å². The highest BCUT2D eigenvalue weighted by Gasteiger charge is 2.27. The van der Waals surface area contributed by atoms with E-state index in [2.05, 4.69) is 12.2 Å². The molecule has 0 bridgehead atoms. The summed E-state index contributed by atoms with van der Waals surface area (Å²) < 4.78 is 23.7. The third kappa shape index (κ3) is 5.70. The number of hydrogen-bond acceptors (Lipinski definition) is 3. The van der Waals surface area contributed by atoms with Crippen molar-refractivity contribution in [3.8, 4) is 0 Å². The van der Waals surface area contributed by atoms with Crippen LogP contribution < -0.4 is 5.32 Å². The van der Waals surface area contributed by atoms with Crippen molar-refractivity contribution >= 4 is 9.84 Å². The molecule has 0 aromatic carbocycles. The molecule has 1 fully saturated rings. The normalized spacial score (nSPS) is 24.6. The Kier molecular flexibility index (Phi) is 7.23. The first kappa shape index (κ1) is 16.0. The summed E-state index contributed by atoms with van der Waals surface area (Å²) in [5.74, 6) is 1.35. The van der Waals surface area contributed by atoms with E-state index in [1.807, 2.05) is 6.92 Å². The van der Waals surface area contributed by atoms with E-state index in [1.54, 1.807) is 0 Å². The third-order valence-corrected chi connectivity index (χ3v) is 5.69. The van der Waals surface area contributed by atoms with Crippen LogP contribution in [0, 0.1) is 5.92 Å². The van der Waals surface area contributed by atoms with E-state index in [0.29, 0.717) is 23.5 Å². The molecule has 0 aromatic heterocycles. The highest BCUT2D eigenvalue weighted by molar-refractivity contribution is 7.91. The molecule has 0 aromatic rings. The molecule has 0 amide bonds. The minimum atomic E-state index is -2.80. The lowest BCUT2D eigenvalue weighted by atomic mass is 10.0. The molecule has 0 spiro atoms. The van der Waals surface area contributed by atoms with Crippen molar-refractivity contribution in [1.29, 1.82) is 0 Å². The molecule has 1 saturated carbocycles. The van der Waals surface area contributed by atoms with Crippen molar-refractivity contribution in [2.75, 3.05) is 18.1 Å². The Labute approximate surface area is 113 Å². The molecule has 0 aliphatic heterocycles. The highest BCUT2D eigenvalue weighted by atomic mass is 32.2. The van der Waals surface area contributed by atoms with Gasteiger partial charge in [-0.3, -0.25) is 0 Å². The van der Waals surface area contributed by atoms with Gasteiger partial charge in [0.05, 0.1) is 11.5 Å². The maximum atomic E-state index is 11.8. The molecule has 1 aliphatic rings. The number of unbranched alkanes of at least 4 members (excludes halogenated alkanes) is 1. The molecule has 0 saturated heterocycles. The molecule has 1 N–H and O–H groups in total. The molecule has 3 nitrogen and oxygen atoms in total. The Morgan fingerprint density at radius 2 is 1.89 bits per heavy atom. The van der Waals surface area contributed by atoms with Crippen molar-refractivity contribution in [1.82, 2.24) is 5.32 Å². The van der Waals surface area contributed by atoms with Crippen LogP contribution in [0.2, 0.25) is 0 Å². The zero-order chi connectivity index (χ0) is 13.4. The van der Waals surface area contributed by atoms with Crippen molar-refractivity contribution in [3.05, 3.63) is 0 Å². The summed E-state index contributed by atoms with van der Waals surface area (Å²) in [5.41, 5.74) is 0. The average Bonchev–Trinajstić information content (AvgIpc) is 2.79. The number of nitrogens with one attached hydrogen (secondary N) is 1. The van der Waals surface area contributed by atoms with E-state index >= 15 is 0 Å². The summed E-state index contributed by atoms with van der Waals surface area (Å²) in [6.45, 7) is 5.27. The molecule has 0 heterocycles. The van der Waals surface area contributed by atoms with E-state index in [1.165, 1.54) is 19.3 Å². The summed E-state index contributed by atoms with van der Waals surface area (Å²) in [4.78, 5) is 0. The summed E-state index contributed by atoms with van der Waals surface area (Å²) >= 11 is 0. The smallest absolute Gasteiger partial charge is 0.150 e. The first-order valence-electron chi connectivity index (χ1n) is 7.53. The van der Waals surface area contributed by atoms with Crippen LogP contribution in [0.1, 0.15) is 58.8 Å².